The normalized spacial score (nSPS) is 14.7. The third kappa shape index (κ3) is 7.79. The van der Waals surface area contributed by atoms with Gasteiger partial charge in [0, 0.05) is 0 Å². The van der Waals surface area contributed by atoms with Gasteiger partial charge < -0.3 is 5.11 Å². The highest BCUT2D eigenvalue weighted by atomic mass is 16.3. The van der Waals surface area contributed by atoms with Gasteiger partial charge in [-0.25, -0.2) is 0 Å². The van der Waals surface area contributed by atoms with E-state index >= 15 is 0 Å². The van der Waals surface area contributed by atoms with Crippen LogP contribution in [-0.4, -0.2) is 11.2 Å². The number of hydrogen-bond donors (Lipinski definition) is 1. The second-order valence-corrected chi connectivity index (χ2v) is 4.03. The van der Waals surface area contributed by atoms with Crippen molar-refractivity contribution in [2.24, 2.45) is 5.92 Å². The molecule has 0 rings (SSSR count). The molecular weight excluding hydrogens is 160 g/mol. The zero-order valence-electron chi connectivity index (χ0n) is 9.09. The zero-order valence-corrected chi connectivity index (χ0v) is 9.09. The van der Waals surface area contributed by atoms with Gasteiger partial charge in [0.25, 0.3) is 0 Å². The van der Waals surface area contributed by atoms with Gasteiger partial charge >= 0.3 is 0 Å². The van der Waals surface area contributed by atoms with Crippen LogP contribution in [-0.2, 0) is 0 Å². The van der Waals surface area contributed by atoms with Crippen molar-refractivity contribution in [2.75, 3.05) is 0 Å². The fourth-order valence-corrected chi connectivity index (χ4v) is 1.35. The molecule has 1 N–H and O–H groups in total. The van der Waals surface area contributed by atoms with Gasteiger partial charge in [0.15, 0.2) is 0 Å². The Labute approximate surface area is 82.2 Å². The highest BCUT2D eigenvalue weighted by molar-refractivity contribution is 4.99. The third-order valence-electron chi connectivity index (χ3n) is 1.96. The molecule has 1 nitrogen and oxygen atoms in total. The summed E-state index contributed by atoms with van der Waals surface area (Å²) in [6.45, 7) is 10.1. The Hall–Kier alpha value is -0.560. The lowest BCUT2D eigenvalue weighted by molar-refractivity contribution is 0.214. The van der Waals surface area contributed by atoms with Crippen LogP contribution in [0.2, 0.25) is 0 Å². The molecule has 0 aliphatic heterocycles. The SMILES string of the molecule is C=CC(O)CC/C=C(/C)CC(C)C. The van der Waals surface area contributed by atoms with Crippen LogP contribution >= 0.6 is 0 Å². The summed E-state index contributed by atoms with van der Waals surface area (Å²) in [5.41, 5.74) is 1.42. The predicted molar refractivity (Wildman–Crippen MR) is 58.6 cm³/mol. The largest absolute Gasteiger partial charge is 0.389 e. The van der Waals surface area contributed by atoms with Crippen molar-refractivity contribution in [3.05, 3.63) is 24.3 Å². The molecule has 0 saturated carbocycles. The van der Waals surface area contributed by atoms with Crippen molar-refractivity contribution >= 4 is 0 Å². The first kappa shape index (κ1) is 12.4. The lowest BCUT2D eigenvalue weighted by Crippen LogP contribution is -1.99. The van der Waals surface area contributed by atoms with E-state index in [-0.39, 0.29) is 6.10 Å². The quantitative estimate of drug-likeness (QED) is 0.625. The van der Waals surface area contributed by atoms with Gasteiger partial charge in [-0.2, -0.15) is 0 Å². The Balaban J connectivity index is 3.64. The molecule has 0 spiro atoms. The van der Waals surface area contributed by atoms with Crippen LogP contribution in [0.4, 0.5) is 0 Å². The average molecular weight is 182 g/mol. The van der Waals surface area contributed by atoms with Crippen LogP contribution in [0, 0.1) is 5.92 Å². The molecule has 0 aliphatic carbocycles. The van der Waals surface area contributed by atoms with Gasteiger partial charge in [-0.05, 0) is 32.1 Å². The van der Waals surface area contributed by atoms with Crippen molar-refractivity contribution in [3.8, 4) is 0 Å². The molecule has 0 aromatic heterocycles. The van der Waals surface area contributed by atoms with E-state index in [1.54, 1.807) is 6.08 Å². The van der Waals surface area contributed by atoms with E-state index in [9.17, 15) is 5.11 Å². The minimum atomic E-state index is -0.344. The maximum absolute atomic E-state index is 9.21. The average Bonchev–Trinajstić information content (AvgIpc) is 2.02. The van der Waals surface area contributed by atoms with Gasteiger partial charge in [0.2, 0.25) is 0 Å². The molecule has 0 aromatic carbocycles. The van der Waals surface area contributed by atoms with Crippen molar-refractivity contribution in [2.45, 2.75) is 46.1 Å². The van der Waals surface area contributed by atoms with E-state index < -0.39 is 0 Å². The van der Waals surface area contributed by atoms with Crippen molar-refractivity contribution in [1.29, 1.82) is 0 Å². The topological polar surface area (TPSA) is 20.2 Å². The van der Waals surface area contributed by atoms with Crippen LogP contribution in [0.15, 0.2) is 24.3 Å². The summed E-state index contributed by atoms with van der Waals surface area (Å²) in [4.78, 5) is 0. The molecule has 0 heterocycles. The summed E-state index contributed by atoms with van der Waals surface area (Å²) < 4.78 is 0. The van der Waals surface area contributed by atoms with E-state index in [0.717, 1.165) is 25.2 Å². The summed E-state index contributed by atoms with van der Waals surface area (Å²) >= 11 is 0. The minimum Gasteiger partial charge on any atom is -0.389 e. The Morgan fingerprint density at radius 2 is 2.08 bits per heavy atom. The molecule has 1 atom stereocenters. The maximum atomic E-state index is 9.21. The summed E-state index contributed by atoms with van der Waals surface area (Å²) in [7, 11) is 0. The molecule has 0 bridgehead atoms. The molecule has 0 aliphatic rings. The molecule has 0 aromatic rings. The van der Waals surface area contributed by atoms with Crippen molar-refractivity contribution in [1.82, 2.24) is 0 Å². The molecule has 1 unspecified atom stereocenters. The molecule has 0 fully saturated rings. The maximum Gasteiger partial charge on any atom is 0.0721 e. The first-order valence-electron chi connectivity index (χ1n) is 5.02. The van der Waals surface area contributed by atoms with Crippen LogP contribution in [0.3, 0.4) is 0 Å². The van der Waals surface area contributed by atoms with Crippen molar-refractivity contribution in [3.63, 3.8) is 0 Å². The summed E-state index contributed by atoms with van der Waals surface area (Å²) in [5.74, 6) is 0.723. The highest BCUT2D eigenvalue weighted by Crippen LogP contribution is 2.11. The Morgan fingerprint density at radius 1 is 1.46 bits per heavy atom. The first-order chi connectivity index (χ1) is 6.06. The fourth-order valence-electron chi connectivity index (χ4n) is 1.35. The van der Waals surface area contributed by atoms with Crippen LogP contribution in [0.25, 0.3) is 0 Å². The number of aliphatic hydroxyl groups excluding tert-OH is 1. The predicted octanol–water partition coefficient (Wildman–Crippen LogP) is 3.31. The van der Waals surface area contributed by atoms with Gasteiger partial charge in [-0.3, -0.25) is 0 Å². The van der Waals surface area contributed by atoms with Crippen LogP contribution < -0.4 is 0 Å². The molecule has 0 radical (unpaired) electrons. The first-order valence-corrected chi connectivity index (χ1v) is 5.02. The summed E-state index contributed by atoms with van der Waals surface area (Å²) in [5, 5.41) is 9.21. The summed E-state index contributed by atoms with van der Waals surface area (Å²) in [6, 6.07) is 0. The smallest absolute Gasteiger partial charge is 0.0721 e. The van der Waals surface area contributed by atoms with E-state index in [4.69, 9.17) is 0 Å². The second kappa shape index (κ2) is 6.90. The molecule has 76 valence electrons. The molecule has 13 heavy (non-hydrogen) atoms. The molecule has 0 saturated heterocycles. The second-order valence-electron chi connectivity index (χ2n) is 4.03. The van der Waals surface area contributed by atoms with Gasteiger partial charge in [0.05, 0.1) is 6.10 Å². The van der Waals surface area contributed by atoms with Crippen LogP contribution in [0.5, 0.6) is 0 Å². The van der Waals surface area contributed by atoms with E-state index in [1.807, 2.05) is 0 Å². The number of aliphatic hydroxyl groups is 1. The Morgan fingerprint density at radius 3 is 2.54 bits per heavy atom. The monoisotopic (exact) mass is 182 g/mol. The van der Waals surface area contributed by atoms with E-state index in [2.05, 4.69) is 33.4 Å². The van der Waals surface area contributed by atoms with E-state index in [0.29, 0.717) is 0 Å². The zero-order chi connectivity index (χ0) is 10.3. The molecule has 1 heteroatoms. The Kier molecular flexibility index (Phi) is 6.61. The molecule has 0 amide bonds. The van der Waals surface area contributed by atoms with Gasteiger partial charge in [-0.15, -0.1) is 6.58 Å². The van der Waals surface area contributed by atoms with Crippen molar-refractivity contribution < 1.29 is 5.11 Å². The molecular formula is C12H22O. The summed E-state index contributed by atoms with van der Waals surface area (Å²) in [6.07, 6.45) is 6.36. The van der Waals surface area contributed by atoms with Gasteiger partial charge in [-0.1, -0.05) is 31.6 Å². The number of rotatable bonds is 6. The minimum absolute atomic E-state index is 0.344. The third-order valence-corrected chi connectivity index (χ3v) is 1.96. The van der Waals surface area contributed by atoms with Gasteiger partial charge in [0.1, 0.15) is 0 Å². The fraction of sp³-hybridized carbons (Fsp3) is 0.667. The Bertz CT molecular complexity index is 168. The number of hydrogen-bond acceptors (Lipinski definition) is 1. The lowest BCUT2D eigenvalue weighted by Gasteiger charge is -2.05. The standard InChI is InChI=1S/C12H22O/c1-5-12(13)8-6-7-11(4)9-10(2)3/h5,7,10,12-13H,1,6,8-9H2,2-4H3/b11-7-. The lowest BCUT2D eigenvalue weighted by atomic mass is 10.0. The van der Waals surface area contributed by atoms with Crippen LogP contribution in [0.1, 0.15) is 40.0 Å². The number of allylic oxidation sites excluding steroid dienone is 2. The van der Waals surface area contributed by atoms with E-state index in [1.165, 1.54) is 5.57 Å². The highest BCUT2D eigenvalue weighted by Gasteiger charge is 1.97.